The molecule has 0 atom stereocenters. The predicted molar refractivity (Wildman–Crippen MR) is 87.1 cm³/mol. The Hall–Kier alpha value is -2.29. The van der Waals surface area contributed by atoms with Crippen LogP contribution in [0.5, 0.6) is 5.75 Å². The first-order valence-corrected chi connectivity index (χ1v) is 7.08. The van der Waals surface area contributed by atoms with Gasteiger partial charge in [-0.15, -0.1) is 0 Å². The molecule has 3 aromatic rings. The van der Waals surface area contributed by atoms with Crippen molar-refractivity contribution in [3.05, 3.63) is 52.8 Å². The van der Waals surface area contributed by atoms with Crippen LogP contribution in [0.2, 0.25) is 0 Å². The van der Waals surface area contributed by atoms with Gasteiger partial charge in [0.15, 0.2) is 0 Å². The maximum atomic E-state index is 12.6. The normalized spacial score (nSPS) is 12.0. The summed E-state index contributed by atoms with van der Waals surface area (Å²) in [5.41, 5.74) is 0.610. The van der Waals surface area contributed by atoms with Crippen LogP contribution in [0.3, 0.4) is 0 Å². The van der Waals surface area contributed by atoms with E-state index in [0.29, 0.717) is 5.39 Å². The van der Waals surface area contributed by atoms with Crippen molar-refractivity contribution < 1.29 is 4.74 Å². The Balaban J connectivity index is 2.50. The van der Waals surface area contributed by atoms with Crippen molar-refractivity contribution in [3.63, 3.8) is 0 Å². The number of hydrogen-bond donors (Lipinski definition) is 0. The SMILES string of the molecule is Cn1c(=O)c2cccc(OC(C)(C)C)c2c2ccccc21. The molecule has 0 spiro atoms. The molecule has 1 aromatic heterocycles. The van der Waals surface area contributed by atoms with E-state index >= 15 is 0 Å². The van der Waals surface area contributed by atoms with Crippen LogP contribution in [0, 0.1) is 0 Å². The fourth-order valence-electron chi connectivity index (χ4n) is 2.67. The lowest BCUT2D eigenvalue weighted by Gasteiger charge is -2.23. The minimum atomic E-state index is -0.309. The maximum absolute atomic E-state index is 12.6. The first-order valence-electron chi connectivity index (χ1n) is 7.08. The Labute approximate surface area is 123 Å². The van der Waals surface area contributed by atoms with Gasteiger partial charge in [-0.2, -0.15) is 0 Å². The molecule has 0 saturated heterocycles. The molecule has 0 amide bonds. The van der Waals surface area contributed by atoms with E-state index in [0.717, 1.165) is 22.0 Å². The van der Waals surface area contributed by atoms with Crippen molar-refractivity contribution in [1.82, 2.24) is 4.57 Å². The van der Waals surface area contributed by atoms with E-state index in [4.69, 9.17) is 4.74 Å². The third-order valence-corrected chi connectivity index (χ3v) is 3.51. The molecular formula is C18H19NO2. The van der Waals surface area contributed by atoms with Crippen LogP contribution in [0.15, 0.2) is 47.3 Å². The quantitative estimate of drug-likeness (QED) is 0.634. The fourth-order valence-corrected chi connectivity index (χ4v) is 2.67. The lowest BCUT2D eigenvalue weighted by atomic mass is 10.0. The monoisotopic (exact) mass is 281 g/mol. The first-order chi connectivity index (χ1) is 9.88. The second-order valence-corrected chi connectivity index (χ2v) is 6.27. The third kappa shape index (κ3) is 2.29. The molecule has 21 heavy (non-hydrogen) atoms. The second-order valence-electron chi connectivity index (χ2n) is 6.27. The topological polar surface area (TPSA) is 31.2 Å². The van der Waals surface area contributed by atoms with Crippen LogP contribution in [-0.4, -0.2) is 10.2 Å². The van der Waals surface area contributed by atoms with Crippen molar-refractivity contribution >= 4 is 21.7 Å². The minimum Gasteiger partial charge on any atom is -0.487 e. The van der Waals surface area contributed by atoms with Gasteiger partial charge in [-0.3, -0.25) is 4.79 Å². The smallest absolute Gasteiger partial charge is 0.258 e. The summed E-state index contributed by atoms with van der Waals surface area (Å²) in [6, 6.07) is 13.6. The molecular weight excluding hydrogens is 262 g/mol. The highest BCUT2D eigenvalue weighted by Crippen LogP contribution is 2.32. The zero-order valence-electron chi connectivity index (χ0n) is 12.8. The molecule has 108 valence electrons. The third-order valence-electron chi connectivity index (χ3n) is 3.51. The molecule has 3 nitrogen and oxygen atoms in total. The van der Waals surface area contributed by atoms with E-state index in [-0.39, 0.29) is 11.2 Å². The van der Waals surface area contributed by atoms with Gasteiger partial charge in [0, 0.05) is 17.8 Å². The van der Waals surface area contributed by atoms with Gasteiger partial charge in [-0.1, -0.05) is 24.3 Å². The Morgan fingerprint density at radius 3 is 2.33 bits per heavy atom. The van der Waals surface area contributed by atoms with Crippen LogP contribution in [0.1, 0.15) is 20.8 Å². The van der Waals surface area contributed by atoms with Crippen molar-refractivity contribution in [1.29, 1.82) is 0 Å². The van der Waals surface area contributed by atoms with Crippen molar-refractivity contribution in [2.24, 2.45) is 7.05 Å². The van der Waals surface area contributed by atoms with Gasteiger partial charge in [0.25, 0.3) is 5.56 Å². The zero-order chi connectivity index (χ0) is 15.2. The zero-order valence-corrected chi connectivity index (χ0v) is 12.8. The van der Waals surface area contributed by atoms with Gasteiger partial charge >= 0.3 is 0 Å². The van der Waals surface area contributed by atoms with Crippen LogP contribution in [0.25, 0.3) is 21.7 Å². The first kappa shape index (κ1) is 13.7. The molecule has 2 aromatic carbocycles. The summed E-state index contributed by atoms with van der Waals surface area (Å²) >= 11 is 0. The van der Waals surface area contributed by atoms with E-state index in [2.05, 4.69) is 0 Å². The number of aromatic nitrogens is 1. The lowest BCUT2D eigenvalue weighted by molar-refractivity contribution is 0.133. The molecule has 0 bridgehead atoms. The van der Waals surface area contributed by atoms with Crippen molar-refractivity contribution in [2.75, 3.05) is 0 Å². The molecule has 0 aliphatic rings. The van der Waals surface area contributed by atoms with Gasteiger partial charge in [0.1, 0.15) is 11.4 Å². The Morgan fingerprint density at radius 1 is 0.952 bits per heavy atom. The summed E-state index contributed by atoms with van der Waals surface area (Å²) in [5, 5.41) is 2.62. The number of ether oxygens (including phenoxy) is 1. The summed E-state index contributed by atoms with van der Waals surface area (Å²) < 4.78 is 7.76. The van der Waals surface area contributed by atoms with Gasteiger partial charge in [0.05, 0.1) is 10.9 Å². The lowest BCUT2D eigenvalue weighted by Crippen LogP contribution is -2.24. The molecule has 0 unspecified atom stereocenters. The van der Waals surface area contributed by atoms with Crippen molar-refractivity contribution in [3.8, 4) is 5.75 Å². The van der Waals surface area contributed by atoms with E-state index in [1.807, 2.05) is 63.2 Å². The standard InChI is InChI=1S/C18H19NO2/c1-18(2,3)21-15-11-7-9-13-16(15)12-8-5-6-10-14(12)19(4)17(13)20/h5-11H,1-4H3. The molecule has 1 heterocycles. The molecule has 3 rings (SSSR count). The average Bonchev–Trinajstić information content (AvgIpc) is 2.43. The summed E-state index contributed by atoms with van der Waals surface area (Å²) in [5.74, 6) is 0.758. The summed E-state index contributed by atoms with van der Waals surface area (Å²) in [7, 11) is 1.81. The number of aryl methyl sites for hydroxylation is 1. The van der Waals surface area contributed by atoms with Crippen LogP contribution < -0.4 is 10.3 Å². The maximum Gasteiger partial charge on any atom is 0.258 e. The molecule has 0 saturated carbocycles. The number of para-hydroxylation sites is 1. The van der Waals surface area contributed by atoms with E-state index < -0.39 is 0 Å². The molecule has 3 heteroatoms. The summed E-state index contributed by atoms with van der Waals surface area (Å²) in [4.78, 5) is 12.6. The predicted octanol–water partition coefficient (Wildman–Crippen LogP) is 3.87. The Bertz CT molecular complexity index is 885. The number of benzene rings is 2. The van der Waals surface area contributed by atoms with Crippen LogP contribution >= 0.6 is 0 Å². The highest BCUT2D eigenvalue weighted by Gasteiger charge is 2.17. The van der Waals surface area contributed by atoms with Gasteiger partial charge in [0.2, 0.25) is 0 Å². The number of nitrogens with zero attached hydrogens (tertiary/aromatic N) is 1. The molecule has 0 aliphatic carbocycles. The van der Waals surface area contributed by atoms with Crippen molar-refractivity contribution in [2.45, 2.75) is 26.4 Å². The number of hydrogen-bond acceptors (Lipinski definition) is 2. The highest BCUT2D eigenvalue weighted by molar-refractivity contribution is 6.08. The Morgan fingerprint density at radius 2 is 1.62 bits per heavy atom. The van der Waals surface area contributed by atoms with Gasteiger partial charge in [-0.05, 0) is 39.0 Å². The summed E-state index contributed by atoms with van der Waals surface area (Å²) in [6.45, 7) is 6.03. The van der Waals surface area contributed by atoms with Crippen LogP contribution in [-0.2, 0) is 7.05 Å². The number of fused-ring (bicyclic) bond motifs is 3. The molecule has 0 fully saturated rings. The molecule has 0 aliphatic heterocycles. The minimum absolute atomic E-state index is 0.00283. The summed E-state index contributed by atoms with van der Waals surface area (Å²) in [6.07, 6.45) is 0. The van der Waals surface area contributed by atoms with E-state index in [1.54, 1.807) is 11.6 Å². The highest BCUT2D eigenvalue weighted by atomic mass is 16.5. The molecule has 0 N–H and O–H groups in total. The second kappa shape index (κ2) is 4.62. The molecule has 0 radical (unpaired) electrons. The largest absolute Gasteiger partial charge is 0.487 e. The fraction of sp³-hybridized carbons (Fsp3) is 0.278. The van der Waals surface area contributed by atoms with E-state index in [9.17, 15) is 4.79 Å². The van der Waals surface area contributed by atoms with E-state index in [1.165, 1.54) is 0 Å². The van der Waals surface area contributed by atoms with Gasteiger partial charge in [-0.25, -0.2) is 0 Å². The van der Waals surface area contributed by atoms with Crippen LogP contribution in [0.4, 0.5) is 0 Å². The number of rotatable bonds is 1. The van der Waals surface area contributed by atoms with Gasteiger partial charge < -0.3 is 9.30 Å². The Kier molecular flexibility index (Phi) is 3.01. The number of pyridine rings is 1. The average molecular weight is 281 g/mol.